The average Bonchev–Trinajstić information content (AvgIpc) is 2.62. The summed E-state index contributed by atoms with van der Waals surface area (Å²) in [5, 5.41) is 4.66. The van der Waals surface area contributed by atoms with Crippen molar-refractivity contribution in [3.05, 3.63) is 60.2 Å². The van der Waals surface area contributed by atoms with Gasteiger partial charge in [-0.15, -0.1) is 0 Å². The quantitative estimate of drug-likeness (QED) is 0.517. The molecule has 0 atom stereocenters. The molecule has 23 heavy (non-hydrogen) atoms. The fourth-order valence-electron chi connectivity index (χ4n) is 2.56. The number of rotatable bonds is 4. The number of fused-ring (bicyclic) bond motifs is 2. The van der Waals surface area contributed by atoms with Gasteiger partial charge in [0, 0.05) is 0 Å². The summed E-state index contributed by atoms with van der Waals surface area (Å²) in [6.45, 7) is 4.35. The molecule has 3 rings (SSSR count). The molecule has 3 heteroatoms. The highest BCUT2D eigenvalue weighted by Gasteiger charge is 2.08. The van der Waals surface area contributed by atoms with E-state index >= 15 is 0 Å². The Morgan fingerprint density at radius 1 is 0.913 bits per heavy atom. The van der Waals surface area contributed by atoms with Crippen molar-refractivity contribution in [2.45, 2.75) is 20.5 Å². The largest absolute Gasteiger partial charge is 0.467 e. The minimum absolute atomic E-state index is 0.0337. The fraction of sp³-hybridized carbons (Fsp3) is 0.250. The van der Waals surface area contributed by atoms with E-state index in [2.05, 4.69) is 35.1 Å². The lowest BCUT2D eigenvalue weighted by molar-refractivity contribution is -0.146. The number of esters is 1. The lowest BCUT2D eigenvalue weighted by atomic mass is 9.97. The number of hydrogen-bond acceptors (Lipinski definition) is 3. The standard InChI is InChI=1S/C18H16O3.C2H6/c1-20-18(19)12-21-11-17-15-8-4-2-6-13(15)10-14-7-3-5-9-16(14)17;1-2/h2-10H,11-12H2,1H3;1-2H3. The van der Waals surface area contributed by atoms with Gasteiger partial charge in [0.2, 0.25) is 0 Å². The zero-order valence-electron chi connectivity index (χ0n) is 13.8. The Labute approximate surface area is 136 Å². The topological polar surface area (TPSA) is 35.5 Å². The van der Waals surface area contributed by atoms with Crippen LogP contribution in [0.15, 0.2) is 54.6 Å². The highest BCUT2D eigenvalue weighted by molar-refractivity contribution is 6.02. The highest BCUT2D eigenvalue weighted by Crippen LogP contribution is 2.28. The second kappa shape index (κ2) is 8.30. The number of hydrogen-bond donors (Lipinski definition) is 0. The van der Waals surface area contributed by atoms with E-state index in [1.807, 2.05) is 38.1 Å². The van der Waals surface area contributed by atoms with Crippen molar-refractivity contribution < 1.29 is 14.3 Å². The van der Waals surface area contributed by atoms with E-state index in [1.54, 1.807) is 0 Å². The molecule has 0 aliphatic heterocycles. The SMILES string of the molecule is CC.COC(=O)COCc1c2ccccc2cc2ccccc12. The molecule has 0 heterocycles. The van der Waals surface area contributed by atoms with E-state index in [0.29, 0.717) is 6.61 Å². The molecule has 0 aliphatic rings. The first-order valence-corrected chi connectivity index (χ1v) is 7.83. The van der Waals surface area contributed by atoms with Gasteiger partial charge in [0.25, 0.3) is 0 Å². The molecule has 0 saturated heterocycles. The zero-order chi connectivity index (χ0) is 16.7. The first kappa shape index (κ1) is 17.0. The predicted molar refractivity (Wildman–Crippen MR) is 94.5 cm³/mol. The summed E-state index contributed by atoms with van der Waals surface area (Å²) >= 11 is 0. The van der Waals surface area contributed by atoms with Crippen LogP contribution in [-0.4, -0.2) is 19.7 Å². The van der Waals surface area contributed by atoms with Crippen molar-refractivity contribution in [3.8, 4) is 0 Å². The summed E-state index contributed by atoms with van der Waals surface area (Å²) in [5.41, 5.74) is 1.10. The van der Waals surface area contributed by atoms with Gasteiger partial charge in [-0.1, -0.05) is 62.4 Å². The van der Waals surface area contributed by atoms with Crippen LogP contribution in [0.4, 0.5) is 0 Å². The normalized spacial score (nSPS) is 10.2. The molecule has 0 saturated carbocycles. The predicted octanol–water partition coefficient (Wildman–Crippen LogP) is 4.71. The van der Waals surface area contributed by atoms with Gasteiger partial charge in [-0.05, 0) is 33.2 Å². The number of ether oxygens (including phenoxy) is 2. The Morgan fingerprint density at radius 3 is 1.96 bits per heavy atom. The minimum atomic E-state index is -0.362. The molecule has 0 fully saturated rings. The first-order valence-electron chi connectivity index (χ1n) is 7.83. The van der Waals surface area contributed by atoms with Gasteiger partial charge < -0.3 is 9.47 Å². The van der Waals surface area contributed by atoms with Crippen LogP contribution in [0.2, 0.25) is 0 Å². The maximum Gasteiger partial charge on any atom is 0.331 e. The van der Waals surface area contributed by atoms with Gasteiger partial charge in [-0.25, -0.2) is 4.79 Å². The Balaban J connectivity index is 0.000000924. The summed E-state index contributed by atoms with van der Waals surface area (Å²) in [5.74, 6) is -0.362. The molecule has 0 unspecified atom stereocenters. The van der Waals surface area contributed by atoms with E-state index in [1.165, 1.54) is 17.9 Å². The van der Waals surface area contributed by atoms with Crippen molar-refractivity contribution in [1.82, 2.24) is 0 Å². The lowest BCUT2D eigenvalue weighted by Crippen LogP contribution is -2.10. The summed E-state index contributed by atoms with van der Waals surface area (Å²) < 4.78 is 10.1. The van der Waals surface area contributed by atoms with Crippen molar-refractivity contribution in [2.75, 3.05) is 13.7 Å². The van der Waals surface area contributed by atoms with Crippen LogP contribution in [0, 0.1) is 0 Å². The second-order valence-electron chi connectivity index (χ2n) is 4.87. The first-order chi connectivity index (χ1) is 11.3. The van der Waals surface area contributed by atoms with Gasteiger partial charge >= 0.3 is 5.97 Å². The van der Waals surface area contributed by atoms with E-state index in [9.17, 15) is 4.79 Å². The fourth-order valence-corrected chi connectivity index (χ4v) is 2.56. The molecule has 0 N–H and O–H groups in total. The molecule has 0 radical (unpaired) electrons. The Hall–Kier alpha value is -2.39. The number of methoxy groups -OCH3 is 1. The van der Waals surface area contributed by atoms with Gasteiger partial charge in [0.15, 0.2) is 0 Å². The smallest absolute Gasteiger partial charge is 0.331 e. The average molecular weight is 310 g/mol. The molecule has 3 nitrogen and oxygen atoms in total. The van der Waals surface area contributed by atoms with E-state index < -0.39 is 0 Å². The molecule has 120 valence electrons. The molecular weight excluding hydrogens is 288 g/mol. The van der Waals surface area contributed by atoms with Gasteiger partial charge in [-0.3, -0.25) is 0 Å². The summed E-state index contributed by atoms with van der Waals surface area (Å²) in [6, 6.07) is 18.6. The molecule has 0 spiro atoms. The third-order valence-corrected chi connectivity index (χ3v) is 3.58. The van der Waals surface area contributed by atoms with Crippen molar-refractivity contribution in [1.29, 1.82) is 0 Å². The van der Waals surface area contributed by atoms with Crippen molar-refractivity contribution in [3.63, 3.8) is 0 Å². The van der Waals surface area contributed by atoms with Crippen LogP contribution in [0.25, 0.3) is 21.5 Å². The Morgan fingerprint density at radius 2 is 1.43 bits per heavy atom. The van der Waals surface area contributed by atoms with Crippen LogP contribution >= 0.6 is 0 Å². The lowest BCUT2D eigenvalue weighted by Gasteiger charge is -2.11. The number of carbonyl (C=O) groups is 1. The summed E-state index contributed by atoms with van der Waals surface area (Å²) in [7, 11) is 1.36. The zero-order valence-corrected chi connectivity index (χ0v) is 13.8. The molecule has 0 aliphatic carbocycles. The van der Waals surface area contributed by atoms with E-state index in [0.717, 1.165) is 16.3 Å². The Kier molecular flexibility index (Phi) is 6.12. The third kappa shape index (κ3) is 3.88. The number of benzene rings is 3. The van der Waals surface area contributed by atoms with Gasteiger partial charge in [0.05, 0.1) is 13.7 Å². The van der Waals surface area contributed by atoms with Crippen LogP contribution in [-0.2, 0) is 20.9 Å². The monoisotopic (exact) mass is 310 g/mol. The van der Waals surface area contributed by atoms with Crippen molar-refractivity contribution in [2.24, 2.45) is 0 Å². The Bertz CT molecular complexity index is 739. The second-order valence-corrected chi connectivity index (χ2v) is 4.87. The maximum absolute atomic E-state index is 11.2. The molecular formula is C20H22O3. The minimum Gasteiger partial charge on any atom is -0.467 e. The van der Waals surface area contributed by atoms with Crippen LogP contribution < -0.4 is 0 Å². The third-order valence-electron chi connectivity index (χ3n) is 3.58. The molecule has 0 aromatic heterocycles. The molecule has 3 aromatic carbocycles. The van der Waals surface area contributed by atoms with Crippen LogP contribution in [0.5, 0.6) is 0 Å². The summed E-state index contributed by atoms with van der Waals surface area (Å²) in [6.07, 6.45) is 0. The van der Waals surface area contributed by atoms with Crippen molar-refractivity contribution >= 4 is 27.5 Å². The van der Waals surface area contributed by atoms with Crippen LogP contribution in [0.1, 0.15) is 19.4 Å². The van der Waals surface area contributed by atoms with Gasteiger partial charge in [-0.2, -0.15) is 0 Å². The van der Waals surface area contributed by atoms with Crippen LogP contribution in [0.3, 0.4) is 0 Å². The highest BCUT2D eigenvalue weighted by atomic mass is 16.6. The molecule has 0 amide bonds. The van der Waals surface area contributed by atoms with E-state index in [-0.39, 0.29) is 12.6 Å². The maximum atomic E-state index is 11.2. The molecule has 3 aromatic rings. The van der Waals surface area contributed by atoms with Gasteiger partial charge in [0.1, 0.15) is 6.61 Å². The number of carbonyl (C=O) groups excluding carboxylic acids is 1. The summed E-state index contributed by atoms with van der Waals surface area (Å²) in [4.78, 5) is 11.2. The van der Waals surface area contributed by atoms with E-state index in [4.69, 9.17) is 4.74 Å². The molecule has 0 bridgehead atoms.